The number of nitrogens with zero attached hydrogens (tertiary/aromatic N) is 1. The molecule has 1 N–H and O–H groups in total. The largest absolute Gasteiger partial charge is 0.465 e. The normalized spacial score (nSPS) is 10.5. The quantitative estimate of drug-likeness (QED) is 0.451. The minimum atomic E-state index is -0.738. The van der Waals surface area contributed by atoms with Crippen LogP contribution in [0.1, 0.15) is 26.4 Å². The summed E-state index contributed by atoms with van der Waals surface area (Å²) in [6.07, 6.45) is 1.74. The first-order valence-corrected chi connectivity index (χ1v) is 7.62. The lowest BCUT2D eigenvalue weighted by atomic mass is 10.1. The van der Waals surface area contributed by atoms with E-state index >= 15 is 0 Å². The molecule has 1 amide bonds. The van der Waals surface area contributed by atoms with Crippen molar-refractivity contribution in [1.82, 2.24) is 4.40 Å². The number of benzene rings is 1. The average molecular weight is 336 g/mol. The number of ketones is 1. The Morgan fingerprint density at radius 2 is 1.76 bits per heavy atom. The zero-order chi connectivity index (χ0) is 18.0. The molecule has 0 saturated heterocycles. The van der Waals surface area contributed by atoms with Gasteiger partial charge in [0.1, 0.15) is 5.69 Å². The molecule has 0 unspecified atom stereocenters. The van der Waals surface area contributed by atoms with Gasteiger partial charge in [0.05, 0.1) is 12.7 Å². The minimum Gasteiger partial charge on any atom is -0.465 e. The molecule has 2 heterocycles. The number of pyridine rings is 1. The van der Waals surface area contributed by atoms with E-state index in [4.69, 9.17) is 0 Å². The van der Waals surface area contributed by atoms with Gasteiger partial charge in [-0.25, -0.2) is 4.79 Å². The molecule has 25 heavy (non-hydrogen) atoms. The second-order valence-electron chi connectivity index (χ2n) is 5.52. The van der Waals surface area contributed by atoms with Crippen molar-refractivity contribution in [1.29, 1.82) is 0 Å². The first kappa shape index (κ1) is 16.4. The van der Waals surface area contributed by atoms with Crippen LogP contribution in [0.15, 0.2) is 54.7 Å². The molecular weight excluding hydrogens is 320 g/mol. The number of carbonyl (C=O) groups excluding carboxylic acids is 3. The van der Waals surface area contributed by atoms with E-state index in [1.54, 1.807) is 35.7 Å². The van der Waals surface area contributed by atoms with E-state index in [9.17, 15) is 14.4 Å². The lowest BCUT2D eigenvalue weighted by molar-refractivity contribution is -0.112. The lowest BCUT2D eigenvalue weighted by Gasteiger charge is -2.07. The fraction of sp³-hybridized carbons (Fsp3) is 0.105. The fourth-order valence-electron chi connectivity index (χ4n) is 2.65. The summed E-state index contributed by atoms with van der Waals surface area (Å²) >= 11 is 0. The van der Waals surface area contributed by atoms with Gasteiger partial charge in [-0.15, -0.1) is 0 Å². The molecule has 6 nitrogen and oxygen atoms in total. The predicted molar refractivity (Wildman–Crippen MR) is 92.9 cm³/mol. The lowest BCUT2D eigenvalue weighted by Crippen LogP contribution is -2.24. The number of esters is 1. The van der Waals surface area contributed by atoms with Crippen LogP contribution in [0.2, 0.25) is 0 Å². The summed E-state index contributed by atoms with van der Waals surface area (Å²) in [5, 5.41) is 2.55. The second kappa shape index (κ2) is 6.60. The first-order valence-electron chi connectivity index (χ1n) is 7.62. The molecule has 0 spiro atoms. The van der Waals surface area contributed by atoms with Gasteiger partial charge >= 0.3 is 5.97 Å². The smallest absolute Gasteiger partial charge is 0.337 e. The van der Waals surface area contributed by atoms with Crippen LogP contribution < -0.4 is 5.32 Å². The fourth-order valence-corrected chi connectivity index (χ4v) is 2.65. The third kappa shape index (κ3) is 3.14. The molecule has 0 aliphatic heterocycles. The maximum absolute atomic E-state index is 12.6. The number of hydrogen-bond donors (Lipinski definition) is 1. The number of nitrogens with one attached hydrogen (secondary N) is 1. The number of hydrogen-bond acceptors (Lipinski definition) is 4. The van der Waals surface area contributed by atoms with E-state index in [2.05, 4.69) is 10.1 Å². The Bertz CT molecular complexity index is 971. The molecule has 2 aromatic heterocycles. The van der Waals surface area contributed by atoms with Crippen LogP contribution in [0.25, 0.3) is 5.52 Å². The Morgan fingerprint density at radius 1 is 1.04 bits per heavy atom. The number of aromatic nitrogens is 1. The van der Waals surface area contributed by atoms with Crippen LogP contribution in [0, 0.1) is 6.92 Å². The van der Waals surface area contributed by atoms with Crippen LogP contribution >= 0.6 is 0 Å². The Morgan fingerprint density at radius 3 is 2.44 bits per heavy atom. The van der Waals surface area contributed by atoms with Gasteiger partial charge in [-0.05, 0) is 55.0 Å². The van der Waals surface area contributed by atoms with Gasteiger partial charge in [0.15, 0.2) is 0 Å². The van der Waals surface area contributed by atoms with E-state index in [1.165, 1.54) is 19.2 Å². The molecule has 0 aliphatic carbocycles. The number of Topliss-reactive ketones (excluding diaryl/α,β-unsaturated/α-hetero) is 1. The van der Waals surface area contributed by atoms with E-state index in [0.29, 0.717) is 16.9 Å². The van der Waals surface area contributed by atoms with Gasteiger partial charge in [-0.1, -0.05) is 6.07 Å². The highest BCUT2D eigenvalue weighted by Crippen LogP contribution is 2.17. The third-order valence-corrected chi connectivity index (χ3v) is 3.86. The highest BCUT2D eigenvalue weighted by Gasteiger charge is 2.22. The summed E-state index contributed by atoms with van der Waals surface area (Å²) in [6, 6.07) is 13.5. The summed E-state index contributed by atoms with van der Waals surface area (Å²) in [6.45, 7) is 1.79. The van der Waals surface area contributed by atoms with Crippen LogP contribution in [-0.2, 0) is 9.53 Å². The van der Waals surface area contributed by atoms with E-state index in [1.807, 2.05) is 18.2 Å². The highest BCUT2D eigenvalue weighted by molar-refractivity contribution is 6.46. The Kier molecular flexibility index (Phi) is 4.35. The molecular formula is C19H16N2O4. The van der Waals surface area contributed by atoms with Crippen molar-refractivity contribution >= 4 is 28.9 Å². The van der Waals surface area contributed by atoms with Crippen molar-refractivity contribution in [3.05, 3.63) is 71.5 Å². The number of methoxy groups -OCH3 is 1. The molecule has 0 fully saturated rings. The van der Waals surface area contributed by atoms with Crippen molar-refractivity contribution < 1.29 is 19.1 Å². The third-order valence-electron chi connectivity index (χ3n) is 3.86. The van der Waals surface area contributed by atoms with Gasteiger partial charge in [0.25, 0.3) is 11.7 Å². The standard InChI is InChI=1S/C19H16N2O4/c1-12-11-15-5-3-4-10-21(15)16(12)17(22)18(23)20-14-8-6-13(7-9-14)19(24)25-2/h3-11H,1-2H3,(H,20,23). The monoisotopic (exact) mass is 336 g/mol. The van der Waals surface area contributed by atoms with Gasteiger partial charge in [-0.2, -0.15) is 0 Å². The van der Waals surface area contributed by atoms with Crippen LogP contribution in [0.4, 0.5) is 5.69 Å². The van der Waals surface area contributed by atoms with Crippen LogP contribution in [-0.4, -0.2) is 29.2 Å². The summed E-state index contributed by atoms with van der Waals surface area (Å²) in [7, 11) is 1.29. The summed E-state index contributed by atoms with van der Waals surface area (Å²) in [4.78, 5) is 36.3. The van der Waals surface area contributed by atoms with Crippen LogP contribution in [0.5, 0.6) is 0 Å². The molecule has 0 aliphatic rings. The molecule has 6 heteroatoms. The van der Waals surface area contributed by atoms with Crippen LogP contribution in [0.3, 0.4) is 0 Å². The number of carbonyl (C=O) groups is 3. The number of aryl methyl sites for hydroxylation is 1. The van der Waals surface area contributed by atoms with Crippen molar-refractivity contribution in [2.24, 2.45) is 0 Å². The molecule has 1 aromatic carbocycles. The molecule has 3 rings (SSSR count). The number of rotatable bonds is 4. The predicted octanol–water partition coefficient (Wildman–Crippen LogP) is 2.86. The number of fused-ring (bicyclic) bond motifs is 1. The molecule has 3 aromatic rings. The zero-order valence-corrected chi connectivity index (χ0v) is 13.8. The first-order chi connectivity index (χ1) is 12.0. The number of anilines is 1. The van der Waals surface area contributed by atoms with Gasteiger partial charge in [-0.3, -0.25) is 9.59 Å². The van der Waals surface area contributed by atoms with E-state index in [-0.39, 0.29) is 0 Å². The van der Waals surface area contributed by atoms with Gasteiger partial charge < -0.3 is 14.5 Å². The van der Waals surface area contributed by atoms with Gasteiger partial charge in [0, 0.05) is 17.4 Å². The second-order valence-corrected chi connectivity index (χ2v) is 5.52. The maximum atomic E-state index is 12.6. The SMILES string of the molecule is COC(=O)c1ccc(NC(=O)C(=O)c2c(C)cc3ccccn23)cc1. The topological polar surface area (TPSA) is 76.9 Å². The van der Waals surface area contributed by atoms with Crippen molar-refractivity contribution in [2.45, 2.75) is 6.92 Å². The Balaban J connectivity index is 1.82. The molecule has 0 radical (unpaired) electrons. The zero-order valence-electron chi connectivity index (χ0n) is 13.8. The number of amides is 1. The molecule has 0 bridgehead atoms. The average Bonchev–Trinajstić information content (AvgIpc) is 2.96. The van der Waals surface area contributed by atoms with Crippen molar-refractivity contribution in [3.8, 4) is 0 Å². The molecule has 0 atom stereocenters. The van der Waals surface area contributed by atoms with E-state index in [0.717, 1.165) is 11.1 Å². The minimum absolute atomic E-state index is 0.333. The van der Waals surface area contributed by atoms with E-state index < -0.39 is 17.7 Å². The number of ether oxygens (including phenoxy) is 1. The summed E-state index contributed by atoms with van der Waals surface area (Å²) < 4.78 is 6.31. The Labute approximate surface area is 144 Å². The maximum Gasteiger partial charge on any atom is 0.337 e. The van der Waals surface area contributed by atoms with Crippen molar-refractivity contribution in [2.75, 3.05) is 12.4 Å². The van der Waals surface area contributed by atoms with Crippen molar-refractivity contribution in [3.63, 3.8) is 0 Å². The molecule has 126 valence electrons. The van der Waals surface area contributed by atoms with Gasteiger partial charge in [0.2, 0.25) is 0 Å². The summed E-state index contributed by atoms with van der Waals surface area (Å²) in [5.41, 5.74) is 2.69. The Hall–Kier alpha value is -3.41. The highest BCUT2D eigenvalue weighted by atomic mass is 16.5. The molecule has 0 saturated carbocycles. The summed E-state index contributed by atoms with van der Waals surface area (Å²) in [5.74, 6) is -1.83.